The number of pyridine rings is 1. The number of aromatic nitrogens is 2. The van der Waals surface area contributed by atoms with Gasteiger partial charge < -0.3 is 10.0 Å². The first-order valence-corrected chi connectivity index (χ1v) is 15.1. The van der Waals surface area contributed by atoms with Gasteiger partial charge in [-0.3, -0.25) is 15.2 Å². The van der Waals surface area contributed by atoms with E-state index >= 15 is 0 Å². The Morgan fingerprint density at radius 3 is 2.55 bits per heavy atom. The maximum absolute atomic E-state index is 12.9. The van der Waals surface area contributed by atoms with Gasteiger partial charge in [-0.1, -0.05) is 23.7 Å². The van der Waals surface area contributed by atoms with Crippen molar-refractivity contribution in [2.75, 3.05) is 26.4 Å². The number of fused-ring (bicyclic) bond motifs is 1. The van der Waals surface area contributed by atoms with Crippen LogP contribution in [0.4, 0.5) is 8.78 Å². The van der Waals surface area contributed by atoms with E-state index in [4.69, 9.17) is 27.2 Å². The van der Waals surface area contributed by atoms with E-state index in [2.05, 4.69) is 9.71 Å². The van der Waals surface area contributed by atoms with Gasteiger partial charge in [0.1, 0.15) is 15.8 Å². The molecular weight excluding hydrogens is 576 g/mol. The molecule has 0 saturated heterocycles. The molecule has 0 radical (unpaired) electrons. The van der Waals surface area contributed by atoms with Gasteiger partial charge in [0, 0.05) is 33.8 Å². The molecule has 1 saturated carbocycles. The fraction of sp³-hybridized carbons (Fsp3) is 0.348. The van der Waals surface area contributed by atoms with Gasteiger partial charge in [-0.05, 0) is 74.4 Å². The van der Waals surface area contributed by atoms with Crippen LogP contribution < -0.4 is 4.72 Å². The second kappa shape index (κ2) is 11.2. The van der Waals surface area contributed by atoms with Gasteiger partial charge in [-0.2, -0.15) is 0 Å². The summed E-state index contributed by atoms with van der Waals surface area (Å²) in [4.78, 5) is 7.12. The predicted octanol–water partition coefficient (Wildman–Crippen LogP) is 5.00. The SMILES string of the molecule is CN(C)CCS(=N)(=O)c1ccc(-c2cc(SNC3(O)CC3)cn3c(C(=N)SC(=N)C(F)F)nc(Cl)c23)cc1. The Hall–Kier alpha value is -2.07. The fourth-order valence-corrected chi connectivity index (χ4v) is 6.54. The Bertz CT molecular complexity index is 1490. The van der Waals surface area contributed by atoms with Crippen LogP contribution in [0.3, 0.4) is 0 Å². The van der Waals surface area contributed by atoms with Crippen molar-refractivity contribution >= 4 is 60.6 Å². The second-order valence-electron chi connectivity index (χ2n) is 9.07. The highest BCUT2D eigenvalue weighted by Crippen LogP contribution is 2.38. The first kappa shape index (κ1) is 28.9. The molecule has 2 heterocycles. The third-order valence-electron chi connectivity index (χ3n) is 5.73. The average Bonchev–Trinajstić information content (AvgIpc) is 3.51. The lowest BCUT2D eigenvalue weighted by molar-refractivity contribution is 0.142. The fourth-order valence-electron chi connectivity index (χ4n) is 3.44. The third kappa shape index (κ3) is 6.55. The molecule has 1 atom stereocenters. The summed E-state index contributed by atoms with van der Waals surface area (Å²) < 4.78 is 51.6. The van der Waals surface area contributed by atoms with Crippen molar-refractivity contribution in [2.24, 2.45) is 0 Å². The molecule has 4 rings (SSSR count). The van der Waals surface area contributed by atoms with E-state index in [1.165, 1.54) is 16.3 Å². The van der Waals surface area contributed by atoms with Crippen LogP contribution in [0.25, 0.3) is 16.6 Å². The van der Waals surface area contributed by atoms with Crippen molar-refractivity contribution in [3.63, 3.8) is 0 Å². The first-order valence-electron chi connectivity index (χ1n) is 11.3. The number of nitrogens with one attached hydrogen (secondary N) is 4. The summed E-state index contributed by atoms with van der Waals surface area (Å²) in [5.74, 6) is 0.180. The van der Waals surface area contributed by atoms with Gasteiger partial charge in [0.15, 0.2) is 11.0 Å². The molecule has 3 aromatic rings. The minimum absolute atomic E-state index is 0.0104. The highest BCUT2D eigenvalue weighted by Gasteiger charge is 2.40. The summed E-state index contributed by atoms with van der Waals surface area (Å²) in [5.41, 5.74) is 0.715. The second-order valence-corrected chi connectivity index (χ2v) is 13.6. The molecular formula is C23H26ClF2N7O2S3. The Morgan fingerprint density at radius 1 is 1.32 bits per heavy atom. The maximum Gasteiger partial charge on any atom is 0.285 e. The van der Waals surface area contributed by atoms with Crippen LogP contribution in [0.5, 0.6) is 0 Å². The van der Waals surface area contributed by atoms with Crippen LogP contribution in [0.1, 0.15) is 18.7 Å². The molecule has 38 heavy (non-hydrogen) atoms. The van der Waals surface area contributed by atoms with Crippen LogP contribution in [-0.2, 0) is 9.73 Å². The molecule has 1 unspecified atom stereocenters. The largest absolute Gasteiger partial charge is 0.375 e. The van der Waals surface area contributed by atoms with Crippen molar-refractivity contribution in [1.82, 2.24) is 19.0 Å². The first-order chi connectivity index (χ1) is 17.8. The number of alkyl halides is 2. The van der Waals surface area contributed by atoms with E-state index in [-0.39, 0.29) is 21.8 Å². The van der Waals surface area contributed by atoms with Gasteiger partial charge in [-0.25, -0.2) is 27.5 Å². The van der Waals surface area contributed by atoms with Crippen molar-refractivity contribution < 1.29 is 18.1 Å². The van der Waals surface area contributed by atoms with Gasteiger partial charge in [0.25, 0.3) is 6.43 Å². The lowest BCUT2D eigenvalue weighted by Gasteiger charge is -2.14. The van der Waals surface area contributed by atoms with Crippen LogP contribution in [0.15, 0.2) is 46.3 Å². The molecule has 0 bridgehead atoms. The molecule has 1 aliphatic carbocycles. The number of benzene rings is 1. The number of imidazole rings is 1. The molecule has 0 amide bonds. The van der Waals surface area contributed by atoms with Gasteiger partial charge in [0.2, 0.25) is 0 Å². The topological polar surface area (TPSA) is 141 Å². The van der Waals surface area contributed by atoms with Crippen molar-refractivity contribution in [2.45, 2.75) is 34.8 Å². The summed E-state index contributed by atoms with van der Waals surface area (Å²) in [6, 6.07) is 8.53. The number of nitrogens with zero attached hydrogens (tertiary/aromatic N) is 3. The van der Waals surface area contributed by atoms with E-state index in [1.54, 1.807) is 30.5 Å². The Balaban J connectivity index is 1.77. The lowest BCUT2D eigenvalue weighted by atomic mass is 10.1. The molecule has 5 N–H and O–H groups in total. The number of rotatable bonds is 10. The maximum atomic E-state index is 12.9. The molecule has 2 aromatic heterocycles. The lowest BCUT2D eigenvalue weighted by Crippen LogP contribution is -2.23. The summed E-state index contributed by atoms with van der Waals surface area (Å²) in [5, 5.41) is 24.6. The Kier molecular flexibility index (Phi) is 8.52. The van der Waals surface area contributed by atoms with Crippen LogP contribution in [-0.4, -0.2) is 72.2 Å². The highest BCUT2D eigenvalue weighted by atomic mass is 35.5. The number of hydrogen-bond donors (Lipinski definition) is 5. The Labute approximate surface area is 232 Å². The van der Waals surface area contributed by atoms with E-state index in [0.29, 0.717) is 57.6 Å². The monoisotopic (exact) mass is 601 g/mol. The molecule has 1 aromatic carbocycles. The van der Waals surface area contributed by atoms with Crippen molar-refractivity contribution in [1.29, 1.82) is 15.6 Å². The minimum atomic E-state index is -3.02. The molecule has 1 fully saturated rings. The minimum Gasteiger partial charge on any atom is -0.375 e. The highest BCUT2D eigenvalue weighted by molar-refractivity contribution is 8.26. The number of halogens is 3. The van der Waals surface area contributed by atoms with Gasteiger partial charge in [0.05, 0.1) is 15.2 Å². The molecule has 1 aliphatic rings. The quantitative estimate of drug-likeness (QED) is 0.0952. The zero-order valence-corrected chi connectivity index (χ0v) is 23.6. The van der Waals surface area contributed by atoms with Gasteiger partial charge in [-0.15, -0.1) is 0 Å². The van der Waals surface area contributed by atoms with Crippen molar-refractivity contribution in [3.8, 4) is 11.1 Å². The Morgan fingerprint density at radius 2 is 1.97 bits per heavy atom. The summed E-state index contributed by atoms with van der Waals surface area (Å²) in [7, 11) is 0.706. The van der Waals surface area contributed by atoms with E-state index < -0.39 is 26.9 Å². The zero-order valence-electron chi connectivity index (χ0n) is 20.4. The predicted molar refractivity (Wildman–Crippen MR) is 150 cm³/mol. The molecule has 15 heteroatoms. The number of thioether (sulfide) groups is 1. The van der Waals surface area contributed by atoms with Gasteiger partial charge >= 0.3 is 0 Å². The molecule has 0 spiro atoms. The van der Waals surface area contributed by atoms with Crippen LogP contribution in [0, 0.1) is 15.6 Å². The van der Waals surface area contributed by atoms with E-state index in [9.17, 15) is 18.1 Å². The van der Waals surface area contributed by atoms with Crippen LogP contribution >= 0.6 is 35.3 Å². The third-order valence-corrected chi connectivity index (χ3v) is 9.51. The average molecular weight is 602 g/mol. The standard InChI is InChI=1S/C23H26ClF2N7O2S3/c1-32(2)9-10-38(29,35)15-5-3-13(4-6-15)16-11-14(37-31-23(34)7-8-23)12-33-17(16)18(24)30-22(33)21(28)36-20(27)19(25)26/h3-6,11-12,19,27-29,31,34H,7-10H2,1-2H3. The van der Waals surface area contributed by atoms with E-state index in [1.807, 2.05) is 25.1 Å². The van der Waals surface area contributed by atoms with Crippen LogP contribution in [0.2, 0.25) is 5.15 Å². The van der Waals surface area contributed by atoms with E-state index in [0.717, 1.165) is 0 Å². The summed E-state index contributed by atoms with van der Waals surface area (Å²) in [6.45, 7) is 0.504. The normalized spacial score (nSPS) is 16.2. The summed E-state index contributed by atoms with van der Waals surface area (Å²) in [6.07, 6.45) is -0.175. The zero-order chi connectivity index (χ0) is 27.8. The molecule has 204 valence electrons. The molecule has 0 aliphatic heterocycles. The summed E-state index contributed by atoms with van der Waals surface area (Å²) >= 11 is 7.94. The number of hydrogen-bond acceptors (Lipinski definition) is 10. The smallest absolute Gasteiger partial charge is 0.285 e. The van der Waals surface area contributed by atoms with Crippen molar-refractivity contribution in [3.05, 3.63) is 47.5 Å². The molecule has 9 nitrogen and oxygen atoms in total. The number of aliphatic hydroxyl groups is 1.